The van der Waals surface area contributed by atoms with Crippen molar-refractivity contribution in [1.29, 1.82) is 0 Å². The highest BCUT2D eigenvalue weighted by Crippen LogP contribution is 2.28. The Labute approximate surface area is 113 Å². The Bertz CT molecular complexity index is 450. The molecule has 0 heterocycles. The predicted molar refractivity (Wildman–Crippen MR) is 68.2 cm³/mol. The van der Waals surface area contributed by atoms with Crippen molar-refractivity contribution in [2.24, 2.45) is 0 Å². The molecule has 0 aromatic heterocycles. The van der Waals surface area contributed by atoms with Gasteiger partial charge in [0.1, 0.15) is 17.7 Å². The SMILES string of the molecule is CCCOC1C(=O)CC1Oc1ccc(Br)c(F)c1. The van der Waals surface area contributed by atoms with E-state index in [-0.39, 0.29) is 17.7 Å². The molecule has 3 nitrogen and oxygen atoms in total. The van der Waals surface area contributed by atoms with Crippen molar-refractivity contribution < 1.29 is 18.7 Å². The molecule has 0 spiro atoms. The molecule has 1 fully saturated rings. The number of hydrogen-bond donors (Lipinski definition) is 0. The Morgan fingerprint density at radius 1 is 1.50 bits per heavy atom. The molecule has 2 atom stereocenters. The van der Waals surface area contributed by atoms with Crippen molar-refractivity contribution in [2.75, 3.05) is 6.61 Å². The number of carbonyl (C=O) groups excluding carboxylic acids is 1. The summed E-state index contributed by atoms with van der Waals surface area (Å²) in [6.45, 7) is 2.51. The Morgan fingerprint density at radius 3 is 2.89 bits per heavy atom. The quantitative estimate of drug-likeness (QED) is 0.837. The van der Waals surface area contributed by atoms with Gasteiger partial charge in [-0.25, -0.2) is 4.39 Å². The zero-order valence-electron chi connectivity index (χ0n) is 9.99. The van der Waals surface area contributed by atoms with Crippen molar-refractivity contribution in [3.05, 3.63) is 28.5 Å². The maximum absolute atomic E-state index is 13.3. The van der Waals surface area contributed by atoms with Gasteiger partial charge < -0.3 is 9.47 Å². The van der Waals surface area contributed by atoms with Crippen LogP contribution < -0.4 is 4.74 Å². The lowest BCUT2D eigenvalue weighted by Crippen LogP contribution is -2.52. The van der Waals surface area contributed by atoms with Crippen molar-refractivity contribution in [1.82, 2.24) is 0 Å². The summed E-state index contributed by atoms with van der Waals surface area (Å²) in [5.74, 6) is 0.0773. The van der Waals surface area contributed by atoms with E-state index < -0.39 is 6.10 Å². The van der Waals surface area contributed by atoms with E-state index >= 15 is 0 Å². The maximum atomic E-state index is 13.3. The third-order valence-electron chi connectivity index (χ3n) is 2.74. The van der Waals surface area contributed by atoms with Crippen LogP contribution in [0, 0.1) is 5.82 Å². The lowest BCUT2D eigenvalue weighted by atomic mass is 9.90. The van der Waals surface area contributed by atoms with Crippen LogP contribution in [0.4, 0.5) is 4.39 Å². The fraction of sp³-hybridized carbons (Fsp3) is 0.462. The fourth-order valence-electron chi connectivity index (χ4n) is 1.74. The van der Waals surface area contributed by atoms with Crippen LogP contribution in [0.15, 0.2) is 22.7 Å². The van der Waals surface area contributed by atoms with Gasteiger partial charge in [0.2, 0.25) is 0 Å². The van der Waals surface area contributed by atoms with Gasteiger partial charge in [0.25, 0.3) is 0 Å². The molecule has 18 heavy (non-hydrogen) atoms. The molecule has 2 rings (SSSR count). The van der Waals surface area contributed by atoms with E-state index in [9.17, 15) is 9.18 Å². The molecule has 0 radical (unpaired) electrons. The predicted octanol–water partition coefficient (Wildman–Crippen LogP) is 3.10. The first-order valence-electron chi connectivity index (χ1n) is 5.88. The van der Waals surface area contributed by atoms with Crippen LogP contribution in [0.25, 0.3) is 0 Å². The highest BCUT2D eigenvalue weighted by atomic mass is 79.9. The number of rotatable bonds is 5. The number of benzene rings is 1. The molecule has 5 heteroatoms. The lowest BCUT2D eigenvalue weighted by Gasteiger charge is -2.34. The van der Waals surface area contributed by atoms with Gasteiger partial charge >= 0.3 is 0 Å². The van der Waals surface area contributed by atoms with Gasteiger partial charge in [0, 0.05) is 19.1 Å². The van der Waals surface area contributed by atoms with E-state index in [1.165, 1.54) is 6.07 Å². The maximum Gasteiger partial charge on any atom is 0.169 e. The highest BCUT2D eigenvalue weighted by Gasteiger charge is 2.42. The Hall–Kier alpha value is -0.940. The van der Waals surface area contributed by atoms with Gasteiger partial charge in [-0.3, -0.25) is 4.79 Å². The topological polar surface area (TPSA) is 35.5 Å². The minimum Gasteiger partial charge on any atom is -0.487 e. The minimum absolute atomic E-state index is 0.0473. The number of carbonyl (C=O) groups is 1. The van der Waals surface area contributed by atoms with Gasteiger partial charge in [-0.05, 0) is 34.5 Å². The highest BCUT2D eigenvalue weighted by molar-refractivity contribution is 9.10. The van der Waals surface area contributed by atoms with E-state index in [0.717, 1.165) is 6.42 Å². The third kappa shape index (κ3) is 2.90. The van der Waals surface area contributed by atoms with Crippen LogP contribution >= 0.6 is 15.9 Å². The van der Waals surface area contributed by atoms with Gasteiger partial charge in [-0.1, -0.05) is 6.92 Å². The number of ether oxygens (including phenoxy) is 2. The first kappa shape index (κ1) is 13.5. The molecule has 1 aliphatic carbocycles. The second-order valence-electron chi connectivity index (χ2n) is 4.19. The molecule has 0 saturated heterocycles. The molecule has 0 bridgehead atoms. The molecule has 0 N–H and O–H groups in total. The minimum atomic E-state index is -0.503. The van der Waals surface area contributed by atoms with Crippen LogP contribution in [0.2, 0.25) is 0 Å². The second-order valence-corrected chi connectivity index (χ2v) is 5.05. The first-order chi connectivity index (χ1) is 8.61. The van der Waals surface area contributed by atoms with E-state index in [2.05, 4.69) is 15.9 Å². The summed E-state index contributed by atoms with van der Waals surface area (Å²) < 4.78 is 24.7. The van der Waals surface area contributed by atoms with Gasteiger partial charge in [0.05, 0.1) is 4.47 Å². The summed E-state index contributed by atoms with van der Waals surface area (Å²) in [5.41, 5.74) is 0. The smallest absolute Gasteiger partial charge is 0.169 e. The van der Waals surface area contributed by atoms with Crippen LogP contribution in [-0.4, -0.2) is 24.6 Å². The second kappa shape index (κ2) is 5.80. The fourth-order valence-corrected chi connectivity index (χ4v) is 1.99. The van der Waals surface area contributed by atoms with E-state index in [4.69, 9.17) is 9.47 Å². The van der Waals surface area contributed by atoms with E-state index in [0.29, 0.717) is 23.2 Å². The van der Waals surface area contributed by atoms with Gasteiger partial charge in [-0.2, -0.15) is 0 Å². The standard InChI is InChI=1S/C13H14BrFO3/c1-2-5-17-13-11(16)7-12(13)18-8-3-4-9(14)10(15)6-8/h3-4,6,12-13H,2,5,7H2,1H3. The Kier molecular flexibility index (Phi) is 4.35. The molecule has 1 aliphatic rings. The Balaban J connectivity index is 1.96. The molecular formula is C13H14BrFO3. The zero-order valence-corrected chi connectivity index (χ0v) is 11.6. The normalized spacial score (nSPS) is 22.7. The van der Waals surface area contributed by atoms with Crippen LogP contribution in [0.3, 0.4) is 0 Å². The number of hydrogen-bond acceptors (Lipinski definition) is 3. The molecule has 1 aromatic rings. The molecule has 0 amide bonds. The van der Waals surface area contributed by atoms with Crippen molar-refractivity contribution in [2.45, 2.75) is 32.0 Å². The summed E-state index contributed by atoms with van der Waals surface area (Å²) in [5, 5.41) is 0. The van der Waals surface area contributed by atoms with Crippen molar-refractivity contribution in [3.8, 4) is 5.75 Å². The summed E-state index contributed by atoms with van der Waals surface area (Å²) in [6, 6.07) is 4.53. The van der Waals surface area contributed by atoms with Gasteiger partial charge in [0.15, 0.2) is 11.9 Å². The monoisotopic (exact) mass is 316 g/mol. The van der Waals surface area contributed by atoms with E-state index in [1.54, 1.807) is 12.1 Å². The van der Waals surface area contributed by atoms with Crippen LogP contribution in [0.5, 0.6) is 5.75 Å². The number of Topliss-reactive ketones (excluding diaryl/α,β-unsaturated/α-hetero) is 1. The van der Waals surface area contributed by atoms with Crippen molar-refractivity contribution >= 4 is 21.7 Å². The first-order valence-corrected chi connectivity index (χ1v) is 6.67. The van der Waals surface area contributed by atoms with E-state index in [1.807, 2.05) is 6.92 Å². The molecule has 98 valence electrons. The molecule has 1 aromatic carbocycles. The third-order valence-corrected chi connectivity index (χ3v) is 3.38. The number of halogens is 2. The molecule has 0 aliphatic heterocycles. The summed E-state index contributed by atoms with van der Waals surface area (Å²) in [6.07, 6.45) is 0.372. The largest absolute Gasteiger partial charge is 0.487 e. The number of ketones is 1. The average molecular weight is 317 g/mol. The summed E-state index contributed by atoms with van der Waals surface area (Å²) in [7, 11) is 0. The van der Waals surface area contributed by atoms with Crippen LogP contribution in [-0.2, 0) is 9.53 Å². The summed E-state index contributed by atoms with van der Waals surface area (Å²) >= 11 is 3.07. The molecule has 2 unspecified atom stereocenters. The average Bonchev–Trinajstić information content (AvgIpc) is 2.33. The van der Waals surface area contributed by atoms with Crippen molar-refractivity contribution in [3.63, 3.8) is 0 Å². The molecule has 1 saturated carbocycles. The molecular weight excluding hydrogens is 303 g/mol. The summed E-state index contributed by atoms with van der Waals surface area (Å²) in [4.78, 5) is 11.4. The Morgan fingerprint density at radius 2 is 2.28 bits per heavy atom. The van der Waals surface area contributed by atoms with Crippen LogP contribution in [0.1, 0.15) is 19.8 Å². The lowest BCUT2D eigenvalue weighted by molar-refractivity contribution is -0.154. The van der Waals surface area contributed by atoms with Gasteiger partial charge in [-0.15, -0.1) is 0 Å². The zero-order chi connectivity index (χ0) is 13.1.